The Morgan fingerprint density at radius 1 is 1.47 bits per heavy atom. The van der Waals surface area contributed by atoms with Gasteiger partial charge in [0.15, 0.2) is 0 Å². The maximum absolute atomic E-state index is 10.8. The number of carbonyl (C=O) groups is 1. The Morgan fingerprint density at radius 3 is 2.53 bits per heavy atom. The van der Waals surface area contributed by atoms with Crippen LogP contribution in [0.15, 0.2) is 0 Å². The van der Waals surface area contributed by atoms with Gasteiger partial charge in [0.05, 0.1) is 12.6 Å². The molecule has 1 rings (SSSR count). The standard InChI is InChI=1S/C8H15NO5S/c1-3(11)9-5-7(13)6(12)4(2-10)14-8(5)15/h4-8,10,12-13,15H,2H2,1H3,(H,9,11)/t4-,5-,6-,7-,8-/m1/s1. The topological polar surface area (TPSA) is 99.0 Å². The van der Waals surface area contributed by atoms with Crippen molar-refractivity contribution in [3.8, 4) is 0 Å². The zero-order valence-corrected chi connectivity index (χ0v) is 9.09. The van der Waals surface area contributed by atoms with E-state index in [0.717, 1.165) is 0 Å². The summed E-state index contributed by atoms with van der Waals surface area (Å²) in [6, 6.07) is -0.788. The van der Waals surface area contributed by atoms with Crippen molar-refractivity contribution in [1.82, 2.24) is 5.32 Å². The maximum Gasteiger partial charge on any atom is 0.217 e. The lowest BCUT2D eigenvalue weighted by Crippen LogP contribution is -2.62. The van der Waals surface area contributed by atoms with Crippen LogP contribution in [0.4, 0.5) is 0 Å². The molecule has 1 aliphatic heterocycles. The van der Waals surface area contributed by atoms with Gasteiger partial charge in [0, 0.05) is 6.92 Å². The van der Waals surface area contributed by atoms with Crippen molar-refractivity contribution in [2.45, 2.75) is 36.7 Å². The number of carbonyl (C=O) groups excluding carboxylic acids is 1. The summed E-state index contributed by atoms with van der Waals surface area (Å²) in [5.74, 6) is -0.351. The van der Waals surface area contributed by atoms with Crippen molar-refractivity contribution >= 4 is 18.5 Å². The number of rotatable bonds is 2. The molecule has 0 aromatic carbocycles. The van der Waals surface area contributed by atoms with Crippen LogP contribution < -0.4 is 5.32 Å². The van der Waals surface area contributed by atoms with Gasteiger partial charge in [-0.3, -0.25) is 4.79 Å². The first-order chi connectivity index (χ1) is 6.97. The predicted molar refractivity (Wildman–Crippen MR) is 54.4 cm³/mol. The molecular formula is C8H15NO5S. The van der Waals surface area contributed by atoms with Crippen LogP contribution in [-0.4, -0.2) is 57.6 Å². The smallest absolute Gasteiger partial charge is 0.217 e. The first kappa shape index (κ1) is 12.7. The molecule has 1 saturated heterocycles. The second-order valence-corrected chi connectivity index (χ2v) is 3.96. The minimum Gasteiger partial charge on any atom is -0.394 e. The van der Waals surface area contributed by atoms with E-state index in [2.05, 4.69) is 17.9 Å². The summed E-state index contributed by atoms with van der Waals surface area (Å²) in [5, 5.41) is 30.4. The monoisotopic (exact) mass is 237 g/mol. The van der Waals surface area contributed by atoms with Crippen LogP contribution in [0, 0.1) is 0 Å². The maximum atomic E-state index is 10.8. The van der Waals surface area contributed by atoms with Gasteiger partial charge in [0.2, 0.25) is 5.91 Å². The summed E-state index contributed by atoms with van der Waals surface area (Å²) in [5.41, 5.74) is -0.760. The number of aliphatic hydroxyl groups excluding tert-OH is 3. The Bertz CT molecular complexity index is 239. The predicted octanol–water partition coefficient (Wildman–Crippen LogP) is -2.14. The number of ether oxygens (including phenoxy) is 1. The van der Waals surface area contributed by atoms with E-state index in [-0.39, 0.29) is 5.91 Å². The van der Waals surface area contributed by atoms with Gasteiger partial charge in [-0.1, -0.05) is 0 Å². The third-order valence-electron chi connectivity index (χ3n) is 2.27. The fourth-order valence-corrected chi connectivity index (χ4v) is 1.89. The molecule has 0 radical (unpaired) electrons. The third kappa shape index (κ3) is 2.82. The fourth-order valence-electron chi connectivity index (χ4n) is 1.49. The number of nitrogens with one attached hydrogen (secondary N) is 1. The summed E-state index contributed by atoms with van der Waals surface area (Å²) in [4.78, 5) is 10.8. The molecule has 6 nitrogen and oxygen atoms in total. The average Bonchev–Trinajstić information content (AvgIpc) is 2.18. The minimum absolute atomic E-state index is 0.351. The molecule has 7 heteroatoms. The van der Waals surface area contributed by atoms with Gasteiger partial charge in [-0.15, -0.1) is 12.6 Å². The number of hydrogen-bond acceptors (Lipinski definition) is 6. The van der Waals surface area contributed by atoms with Gasteiger partial charge in [0.25, 0.3) is 0 Å². The van der Waals surface area contributed by atoms with Crippen molar-refractivity contribution < 1.29 is 24.9 Å². The van der Waals surface area contributed by atoms with E-state index < -0.39 is 36.4 Å². The van der Waals surface area contributed by atoms with Crippen molar-refractivity contribution in [3.63, 3.8) is 0 Å². The van der Waals surface area contributed by atoms with Crippen LogP contribution in [0.3, 0.4) is 0 Å². The fraction of sp³-hybridized carbons (Fsp3) is 0.875. The lowest BCUT2D eigenvalue weighted by atomic mass is 9.98. The molecular weight excluding hydrogens is 222 g/mol. The van der Waals surface area contributed by atoms with Crippen LogP contribution in [0.25, 0.3) is 0 Å². The molecule has 0 aromatic rings. The number of thiol groups is 1. The molecule has 5 atom stereocenters. The molecule has 0 unspecified atom stereocenters. The summed E-state index contributed by atoms with van der Waals surface area (Å²) < 4.78 is 5.12. The lowest BCUT2D eigenvalue weighted by molar-refractivity contribution is -0.173. The van der Waals surface area contributed by atoms with Crippen LogP contribution >= 0.6 is 12.6 Å². The van der Waals surface area contributed by atoms with Crippen LogP contribution in [0.5, 0.6) is 0 Å². The summed E-state index contributed by atoms with van der Waals surface area (Å²) in [7, 11) is 0. The Labute approximate surface area is 92.7 Å². The van der Waals surface area contributed by atoms with Crippen molar-refractivity contribution in [3.05, 3.63) is 0 Å². The second-order valence-electron chi connectivity index (χ2n) is 3.46. The van der Waals surface area contributed by atoms with Crippen molar-refractivity contribution in [1.29, 1.82) is 0 Å². The number of aliphatic hydroxyl groups is 3. The third-order valence-corrected chi connectivity index (χ3v) is 2.71. The first-order valence-corrected chi connectivity index (χ1v) is 5.06. The highest BCUT2D eigenvalue weighted by atomic mass is 32.1. The quantitative estimate of drug-likeness (QED) is 0.353. The van der Waals surface area contributed by atoms with E-state index in [1.165, 1.54) is 6.92 Å². The summed E-state index contributed by atoms with van der Waals surface area (Å²) in [6.07, 6.45) is -3.33. The Morgan fingerprint density at radius 2 is 2.07 bits per heavy atom. The zero-order chi connectivity index (χ0) is 11.6. The minimum atomic E-state index is -1.24. The van der Waals surface area contributed by atoms with Crippen LogP contribution in [-0.2, 0) is 9.53 Å². The van der Waals surface area contributed by atoms with E-state index in [1.807, 2.05) is 0 Å². The SMILES string of the molecule is CC(=O)N[C@@H]1[C@@H](O)[C@H](O)[C@@H](CO)O[C@@H]1S. The molecule has 0 spiro atoms. The molecule has 1 aliphatic rings. The Balaban J connectivity index is 2.70. The molecule has 1 heterocycles. The first-order valence-electron chi connectivity index (χ1n) is 4.55. The zero-order valence-electron chi connectivity index (χ0n) is 8.20. The van der Waals surface area contributed by atoms with Gasteiger partial charge < -0.3 is 25.4 Å². The number of amides is 1. The lowest BCUT2D eigenvalue weighted by Gasteiger charge is -2.40. The molecule has 15 heavy (non-hydrogen) atoms. The average molecular weight is 237 g/mol. The molecule has 0 saturated carbocycles. The van der Waals surface area contributed by atoms with Crippen LogP contribution in [0.1, 0.15) is 6.92 Å². The molecule has 0 aromatic heterocycles. The van der Waals surface area contributed by atoms with Gasteiger partial charge in [0.1, 0.15) is 23.7 Å². The normalized spacial score (nSPS) is 41.3. The van der Waals surface area contributed by atoms with E-state index in [0.29, 0.717) is 0 Å². The second kappa shape index (κ2) is 5.13. The van der Waals surface area contributed by atoms with Gasteiger partial charge >= 0.3 is 0 Å². The molecule has 0 bridgehead atoms. The molecule has 0 aliphatic carbocycles. The highest BCUT2D eigenvalue weighted by Gasteiger charge is 2.43. The highest BCUT2D eigenvalue weighted by molar-refractivity contribution is 7.80. The van der Waals surface area contributed by atoms with Crippen molar-refractivity contribution in [2.75, 3.05) is 6.61 Å². The summed E-state index contributed by atoms with van der Waals surface area (Å²) in [6.45, 7) is 0.875. The molecule has 4 N–H and O–H groups in total. The van der Waals surface area contributed by atoms with Gasteiger partial charge in [-0.2, -0.15) is 0 Å². The molecule has 88 valence electrons. The number of hydrogen-bond donors (Lipinski definition) is 5. The molecule has 1 amide bonds. The van der Waals surface area contributed by atoms with E-state index in [9.17, 15) is 15.0 Å². The van der Waals surface area contributed by atoms with E-state index in [1.54, 1.807) is 0 Å². The van der Waals surface area contributed by atoms with Crippen molar-refractivity contribution in [2.24, 2.45) is 0 Å². The summed E-state index contributed by atoms with van der Waals surface area (Å²) >= 11 is 4.02. The van der Waals surface area contributed by atoms with E-state index in [4.69, 9.17) is 9.84 Å². The van der Waals surface area contributed by atoms with Gasteiger partial charge in [-0.05, 0) is 0 Å². The largest absolute Gasteiger partial charge is 0.394 e. The van der Waals surface area contributed by atoms with Crippen LogP contribution in [0.2, 0.25) is 0 Å². The Kier molecular flexibility index (Phi) is 4.35. The highest BCUT2D eigenvalue weighted by Crippen LogP contribution is 2.22. The Hall–Kier alpha value is -0.340. The van der Waals surface area contributed by atoms with Gasteiger partial charge in [-0.25, -0.2) is 0 Å². The molecule has 1 fully saturated rings. The van der Waals surface area contributed by atoms with E-state index >= 15 is 0 Å².